The van der Waals surface area contributed by atoms with Crippen LogP contribution in [0.3, 0.4) is 0 Å². The number of hydrogen-bond acceptors (Lipinski definition) is 6. The van der Waals surface area contributed by atoms with Crippen LogP contribution in [-0.2, 0) is 0 Å². The van der Waals surface area contributed by atoms with Crippen molar-refractivity contribution in [2.24, 2.45) is 10.2 Å². The van der Waals surface area contributed by atoms with Crippen molar-refractivity contribution in [3.8, 4) is 11.5 Å². The first-order valence-electron chi connectivity index (χ1n) is 13.5. The summed E-state index contributed by atoms with van der Waals surface area (Å²) in [6, 6.07) is 13.8. The average Bonchev–Trinajstić information content (AvgIpc) is 3.29. The fourth-order valence-corrected chi connectivity index (χ4v) is 4.70. The van der Waals surface area contributed by atoms with Crippen LogP contribution < -0.4 is 9.47 Å². The summed E-state index contributed by atoms with van der Waals surface area (Å²) in [7, 11) is 0. The summed E-state index contributed by atoms with van der Waals surface area (Å²) >= 11 is 1.53. The molecule has 0 saturated heterocycles. The van der Waals surface area contributed by atoms with Crippen LogP contribution in [0.4, 0.5) is 10.8 Å². The summed E-state index contributed by atoms with van der Waals surface area (Å²) in [5.41, 5.74) is 1.71. The highest BCUT2D eigenvalue weighted by molar-refractivity contribution is 7.21. The van der Waals surface area contributed by atoms with Crippen LogP contribution in [0.2, 0.25) is 0 Å². The molecule has 0 radical (unpaired) electrons. The Morgan fingerprint density at radius 1 is 0.657 bits per heavy atom. The maximum Gasteiger partial charge on any atom is 0.231 e. The molecular formula is C29H41N3O2S. The van der Waals surface area contributed by atoms with E-state index in [1.165, 1.54) is 75.5 Å². The Balaban J connectivity index is 1.41. The fraction of sp³-hybridized carbons (Fsp3) is 0.552. The lowest BCUT2D eigenvalue weighted by molar-refractivity contribution is 0.304. The van der Waals surface area contributed by atoms with Gasteiger partial charge < -0.3 is 9.47 Å². The highest BCUT2D eigenvalue weighted by Gasteiger charge is 2.05. The van der Waals surface area contributed by atoms with Gasteiger partial charge in [0.05, 0.1) is 29.1 Å². The van der Waals surface area contributed by atoms with E-state index in [1.54, 1.807) is 0 Å². The van der Waals surface area contributed by atoms with E-state index in [-0.39, 0.29) is 0 Å². The molecule has 0 bridgehead atoms. The zero-order valence-corrected chi connectivity index (χ0v) is 22.3. The number of hydrogen-bond donors (Lipinski definition) is 0. The molecular weight excluding hydrogens is 454 g/mol. The third-order valence-electron chi connectivity index (χ3n) is 5.97. The first-order valence-corrected chi connectivity index (χ1v) is 14.3. The first-order chi connectivity index (χ1) is 17.3. The second-order valence-electron chi connectivity index (χ2n) is 9.05. The van der Waals surface area contributed by atoms with Crippen LogP contribution in [-0.4, -0.2) is 18.2 Å². The van der Waals surface area contributed by atoms with Gasteiger partial charge in [0.2, 0.25) is 5.13 Å². The van der Waals surface area contributed by atoms with Gasteiger partial charge in [0.1, 0.15) is 11.5 Å². The summed E-state index contributed by atoms with van der Waals surface area (Å²) in [5.74, 6) is 1.78. The lowest BCUT2D eigenvalue weighted by Gasteiger charge is -2.06. The average molecular weight is 496 g/mol. The topological polar surface area (TPSA) is 56.1 Å². The minimum absolute atomic E-state index is 0.650. The van der Waals surface area contributed by atoms with E-state index in [2.05, 4.69) is 35.1 Å². The molecule has 0 saturated carbocycles. The van der Waals surface area contributed by atoms with Crippen molar-refractivity contribution in [1.82, 2.24) is 4.98 Å². The molecule has 190 valence electrons. The van der Waals surface area contributed by atoms with Crippen LogP contribution in [0.15, 0.2) is 52.7 Å². The van der Waals surface area contributed by atoms with E-state index in [1.807, 2.05) is 36.4 Å². The predicted molar refractivity (Wildman–Crippen MR) is 148 cm³/mol. The highest BCUT2D eigenvalue weighted by Crippen LogP contribution is 2.32. The van der Waals surface area contributed by atoms with Crippen LogP contribution in [0, 0.1) is 0 Å². The molecule has 5 nitrogen and oxygen atoms in total. The van der Waals surface area contributed by atoms with Gasteiger partial charge in [-0.25, -0.2) is 4.98 Å². The molecule has 0 fully saturated rings. The quantitative estimate of drug-likeness (QED) is 0.130. The highest BCUT2D eigenvalue weighted by atomic mass is 32.1. The molecule has 0 amide bonds. The second-order valence-corrected chi connectivity index (χ2v) is 10.1. The second kappa shape index (κ2) is 16.2. The number of aromatic nitrogens is 1. The molecule has 2 aromatic carbocycles. The SMILES string of the molecule is CCCCCCCCCCOc1ccc2nc(N=Nc3ccc(OCCCCCC)cc3)sc2c1. The van der Waals surface area contributed by atoms with E-state index in [0.29, 0.717) is 5.13 Å². The first kappa shape index (κ1) is 27.1. The lowest BCUT2D eigenvalue weighted by Crippen LogP contribution is -1.97. The van der Waals surface area contributed by atoms with Crippen LogP contribution in [0.25, 0.3) is 10.2 Å². The van der Waals surface area contributed by atoms with Crippen molar-refractivity contribution in [1.29, 1.82) is 0 Å². The Labute approximate surface area is 215 Å². The minimum Gasteiger partial charge on any atom is -0.494 e. The number of rotatable bonds is 18. The van der Waals surface area contributed by atoms with E-state index in [9.17, 15) is 0 Å². The number of benzene rings is 2. The van der Waals surface area contributed by atoms with Crippen LogP contribution in [0.1, 0.15) is 90.9 Å². The lowest BCUT2D eigenvalue weighted by atomic mass is 10.1. The molecule has 0 unspecified atom stereocenters. The number of ether oxygens (including phenoxy) is 2. The van der Waals surface area contributed by atoms with Gasteiger partial charge in [-0.1, -0.05) is 89.4 Å². The van der Waals surface area contributed by atoms with Gasteiger partial charge in [0, 0.05) is 0 Å². The van der Waals surface area contributed by atoms with Crippen molar-refractivity contribution in [3.05, 3.63) is 42.5 Å². The summed E-state index contributed by atoms with van der Waals surface area (Å²) in [4.78, 5) is 4.58. The largest absolute Gasteiger partial charge is 0.494 e. The van der Waals surface area contributed by atoms with Gasteiger partial charge in [-0.2, -0.15) is 0 Å². The molecule has 0 atom stereocenters. The summed E-state index contributed by atoms with van der Waals surface area (Å²) < 4.78 is 12.8. The molecule has 0 spiro atoms. The van der Waals surface area contributed by atoms with Crippen molar-refractivity contribution in [2.45, 2.75) is 90.9 Å². The Bertz CT molecular complexity index is 1000. The zero-order chi connectivity index (χ0) is 24.6. The predicted octanol–water partition coefficient (Wildman–Crippen LogP) is 10.2. The minimum atomic E-state index is 0.650. The van der Waals surface area contributed by atoms with Gasteiger partial charge in [-0.3, -0.25) is 0 Å². The molecule has 1 heterocycles. The van der Waals surface area contributed by atoms with Crippen LogP contribution >= 0.6 is 11.3 Å². The number of unbranched alkanes of at least 4 members (excludes halogenated alkanes) is 10. The Morgan fingerprint density at radius 3 is 1.91 bits per heavy atom. The van der Waals surface area contributed by atoms with Gasteiger partial charge in [0.15, 0.2) is 0 Å². The third-order valence-corrected chi connectivity index (χ3v) is 6.87. The van der Waals surface area contributed by atoms with Gasteiger partial charge in [-0.15, -0.1) is 10.2 Å². The molecule has 1 aromatic heterocycles. The van der Waals surface area contributed by atoms with Crippen LogP contribution in [0.5, 0.6) is 11.5 Å². The zero-order valence-electron chi connectivity index (χ0n) is 21.5. The van der Waals surface area contributed by atoms with E-state index >= 15 is 0 Å². The Kier molecular flexibility index (Phi) is 12.6. The molecule has 0 N–H and O–H groups in total. The number of azo groups is 1. The molecule has 3 rings (SSSR count). The summed E-state index contributed by atoms with van der Waals surface area (Å²) in [6.07, 6.45) is 15.3. The molecule has 0 aliphatic carbocycles. The van der Waals surface area contributed by atoms with Gasteiger partial charge in [-0.05, 0) is 55.3 Å². The maximum atomic E-state index is 5.97. The van der Waals surface area contributed by atoms with Gasteiger partial charge in [0.25, 0.3) is 0 Å². The standard InChI is InChI=1S/C29H41N3O2S/c1-3-5-7-9-10-11-12-14-22-34-26-19-20-27-28(23-26)35-29(30-27)32-31-24-15-17-25(18-16-24)33-21-13-8-6-4-2/h15-20,23H,3-14,21-22H2,1-2H3. The third kappa shape index (κ3) is 10.4. The van der Waals surface area contributed by atoms with Crippen molar-refractivity contribution < 1.29 is 9.47 Å². The van der Waals surface area contributed by atoms with Gasteiger partial charge >= 0.3 is 0 Å². The van der Waals surface area contributed by atoms with E-state index in [0.717, 1.165) is 53.5 Å². The summed E-state index contributed by atoms with van der Waals surface area (Å²) in [5, 5.41) is 9.34. The fourth-order valence-electron chi connectivity index (χ4n) is 3.88. The number of fused-ring (bicyclic) bond motifs is 1. The number of nitrogens with zero attached hydrogens (tertiary/aromatic N) is 3. The maximum absolute atomic E-state index is 5.97. The smallest absolute Gasteiger partial charge is 0.231 e. The molecule has 35 heavy (non-hydrogen) atoms. The van der Waals surface area contributed by atoms with E-state index < -0.39 is 0 Å². The molecule has 0 aliphatic rings. The van der Waals surface area contributed by atoms with E-state index in [4.69, 9.17) is 9.47 Å². The molecule has 6 heteroatoms. The molecule has 0 aliphatic heterocycles. The molecule has 3 aromatic rings. The van der Waals surface area contributed by atoms with Crippen molar-refractivity contribution in [2.75, 3.05) is 13.2 Å². The summed E-state index contributed by atoms with van der Waals surface area (Å²) in [6.45, 7) is 6.01. The Morgan fingerprint density at radius 2 is 1.23 bits per heavy atom. The number of thiazole rings is 1. The Hall–Kier alpha value is -2.47. The van der Waals surface area contributed by atoms with Crippen molar-refractivity contribution >= 4 is 32.4 Å². The monoisotopic (exact) mass is 495 g/mol. The normalized spacial score (nSPS) is 11.5. The van der Waals surface area contributed by atoms with Crippen molar-refractivity contribution in [3.63, 3.8) is 0 Å².